The number of carbonyl (C=O) groups is 3. The van der Waals surface area contributed by atoms with Crippen LogP contribution in [0.25, 0.3) is 0 Å². The number of carbonyl (C=O) groups excluding carboxylic acids is 2. The number of halogens is 1. The van der Waals surface area contributed by atoms with Crippen LogP contribution in [0.3, 0.4) is 0 Å². The predicted molar refractivity (Wildman–Crippen MR) is 125 cm³/mol. The molecule has 4 N–H and O–H groups in total. The molecule has 33 heavy (non-hydrogen) atoms. The summed E-state index contributed by atoms with van der Waals surface area (Å²) in [6, 6.07) is 11.5. The van der Waals surface area contributed by atoms with Crippen molar-refractivity contribution in [2.24, 2.45) is 17.8 Å². The van der Waals surface area contributed by atoms with E-state index in [2.05, 4.69) is 36.9 Å². The molecule has 2 aliphatic carbocycles. The molecule has 1 unspecified atom stereocenters. The van der Waals surface area contributed by atoms with E-state index in [0.29, 0.717) is 16.4 Å². The highest BCUT2D eigenvalue weighted by atomic mass is 79.9. The molecular formula is C23H25BrN4O5. The number of hydrogen-bond acceptors (Lipinski definition) is 5. The summed E-state index contributed by atoms with van der Waals surface area (Å²) in [4.78, 5) is 41.3. The van der Waals surface area contributed by atoms with Crippen LogP contribution in [-0.4, -0.2) is 34.2 Å². The number of aromatic nitrogens is 1. The Kier molecular flexibility index (Phi) is 7.12. The van der Waals surface area contributed by atoms with E-state index in [0.717, 1.165) is 31.2 Å². The minimum absolute atomic E-state index is 0.00249. The van der Waals surface area contributed by atoms with Crippen molar-refractivity contribution in [1.29, 1.82) is 0 Å². The maximum Gasteiger partial charge on any atom is 0.409 e. The predicted octanol–water partition coefficient (Wildman–Crippen LogP) is 4.60. The van der Waals surface area contributed by atoms with E-state index in [9.17, 15) is 14.4 Å². The van der Waals surface area contributed by atoms with Gasteiger partial charge in [-0.3, -0.25) is 10.1 Å². The van der Waals surface area contributed by atoms with Crippen LogP contribution in [-0.2, 0) is 16.1 Å². The lowest BCUT2D eigenvalue weighted by Gasteiger charge is -2.27. The van der Waals surface area contributed by atoms with Crippen molar-refractivity contribution in [2.75, 3.05) is 10.6 Å². The van der Waals surface area contributed by atoms with Gasteiger partial charge in [0.2, 0.25) is 5.91 Å². The molecule has 3 amide bonds. The molecule has 174 valence electrons. The Morgan fingerprint density at radius 2 is 1.70 bits per heavy atom. The maximum atomic E-state index is 13.4. The van der Waals surface area contributed by atoms with Crippen LogP contribution in [0.4, 0.5) is 21.1 Å². The fourth-order valence-electron chi connectivity index (χ4n) is 4.06. The lowest BCUT2D eigenvalue weighted by Crippen LogP contribution is -2.50. The number of nitrogens with zero attached hydrogens (tertiary/aromatic N) is 1. The number of pyridine rings is 1. The second kappa shape index (κ2) is 10.2. The quantitative estimate of drug-likeness (QED) is 0.360. The SMILES string of the molecule is O=C(O)Nc1ccc(Br)nc1NC(=O)C(NC(=O)OCc1ccccc1)C(C1CC1)C1CC1. The number of nitrogens with one attached hydrogen (secondary N) is 3. The molecule has 0 aliphatic heterocycles. The van der Waals surface area contributed by atoms with Gasteiger partial charge in [-0.15, -0.1) is 0 Å². The standard InChI is InChI=1S/C23H25BrN4O5/c24-17-11-10-16(25-22(30)31)20(26-17)28-21(29)19(18(14-6-7-14)15-8-9-15)27-23(32)33-12-13-4-2-1-3-5-13/h1-5,10-11,14-15,18-19,25H,6-9,12H2,(H,27,32)(H,30,31)(H,26,28,29). The molecule has 9 nitrogen and oxygen atoms in total. The van der Waals surface area contributed by atoms with Crippen molar-refractivity contribution in [1.82, 2.24) is 10.3 Å². The summed E-state index contributed by atoms with van der Waals surface area (Å²) in [5.74, 6) is 0.350. The van der Waals surface area contributed by atoms with Gasteiger partial charge in [0.25, 0.3) is 0 Å². The zero-order chi connectivity index (χ0) is 23.4. The summed E-state index contributed by atoms with van der Waals surface area (Å²) in [6.45, 7) is 0.0956. The Labute approximate surface area is 199 Å². The molecule has 10 heteroatoms. The van der Waals surface area contributed by atoms with E-state index >= 15 is 0 Å². The van der Waals surface area contributed by atoms with Gasteiger partial charge in [-0.1, -0.05) is 30.3 Å². The number of ether oxygens (including phenoxy) is 1. The zero-order valence-electron chi connectivity index (χ0n) is 17.8. The van der Waals surface area contributed by atoms with E-state index < -0.39 is 24.1 Å². The van der Waals surface area contributed by atoms with Crippen LogP contribution in [0.2, 0.25) is 0 Å². The monoisotopic (exact) mass is 516 g/mol. The van der Waals surface area contributed by atoms with Gasteiger partial charge >= 0.3 is 12.2 Å². The highest BCUT2D eigenvalue weighted by molar-refractivity contribution is 9.10. The molecule has 0 saturated heterocycles. The van der Waals surface area contributed by atoms with E-state index in [1.54, 1.807) is 6.07 Å². The normalized spacial score (nSPS) is 16.1. The fraction of sp³-hybridized carbons (Fsp3) is 0.391. The summed E-state index contributed by atoms with van der Waals surface area (Å²) in [7, 11) is 0. The number of amides is 3. The molecule has 0 radical (unpaired) electrons. The van der Waals surface area contributed by atoms with Crippen LogP contribution < -0.4 is 16.0 Å². The molecule has 0 bridgehead atoms. The van der Waals surface area contributed by atoms with Crippen LogP contribution in [0, 0.1) is 17.8 Å². The molecule has 4 rings (SSSR count). The topological polar surface area (TPSA) is 130 Å². The van der Waals surface area contributed by atoms with Gasteiger partial charge in [0.1, 0.15) is 17.3 Å². The molecule has 2 fully saturated rings. The minimum atomic E-state index is -1.28. The second-order valence-corrected chi connectivity index (χ2v) is 9.20. The minimum Gasteiger partial charge on any atom is -0.465 e. The van der Waals surface area contributed by atoms with Crippen molar-refractivity contribution >= 4 is 45.5 Å². The Balaban J connectivity index is 1.50. The van der Waals surface area contributed by atoms with Gasteiger partial charge in [-0.05, 0) is 77.1 Å². The van der Waals surface area contributed by atoms with E-state index in [-0.39, 0.29) is 24.0 Å². The van der Waals surface area contributed by atoms with E-state index in [1.165, 1.54) is 6.07 Å². The number of alkyl carbamates (subject to hydrolysis) is 1. The maximum absolute atomic E-state index is 13.4. The molecule has 1 heterocycles. The number of carboxylic acid groups (broad SMARTS) is 1. The van der Waals surface area contributed by atoms with E-state index in [1.807, 2.05) is 30.3 Å². The van der Waals surface area contributed by atoms with Crippen molar-refractivity contribution in [3.63, 3.8) is 0 Å². The van der Waals surface area contributed by atoms with Crippen LogP contribution >= 0.6 is 15.9 Å². The zero-order valence-corrected chi connectivity index (χ0v) is 19.4. The Morgan fingerprint density at radius 1 is 1.03 bits per heavy atom. The van der Waals surface area contributed by atoms with Crippen molar-refractivity contribution in [3.8, 4) is 0 Å². The van der Waals surface area contributed by atoms with Gasteiger partial charge in [0, 0.05) is 0 Å². The molecule has 2 aliphatic rings. The van der Waals surface area contributed by atoms with Gasteiger partial charge in [-0.2, -0.15) is 0 Å². The second-order valence-electron chi connectivity index (χ2n) is 8.39. The first kappa shape index (κ1) is 23.0. The van der Waals surface area contributed by atoms with Crippen LogP contribution in [0.5, 0.6) is 0 Å². The molecule has 0 spiro atoms. The van der Waals surface area contributed by atoms with Crippen molar-refractivity contribution in [2.45, 2.75) is 38.3 Å². The molecule has 1 aromatic heterocycles. The van der Waals surface area contributed by atoms with E-state index in [4.69, 9.17) is 9.84 Å². The molecule has 2 saturated carbocycles. The van der Waals surface area contributed by atoms with Gasteiger partial charge < -0.3 is 20.5 Å². The number of hydrogen-bond donors (Lipinski definition) is 4. The largest absolute Gasteiger partial charge is 0.465 e. The van der Waals surface area contributed by atoms with Crippen LogP contribution in [0.1, 0.15) is 31.2 Å². The molecular weight excluding hydrogens is 492 g/mol. The number of anilines is 2. The Morgan fingerprint density at radius 3 is 2.30 bits per heavy atom. The van der Waals surface area contributed by atoms with Crippen molar-refractivity contribution in [3.05, 3.63) is 52.6 Å². The smallest absolute Gasteiger partial charge is 0.409 e. The average Bonchev–Trinajstić information content (AvgIpc) is 3.69. The van der Waals surface area contributed by atoms with Gasteiger partial charge in [-0.25, -0.2) is 14.6 Å². The Bertz CT molecular complexity index is 1010. The first-order valence-corrected chi connectivity index (χ1v) is 11.6. The number of benzene rings is 1. The fourth-order valence-corrected chi connectivity index (χ4v) is 4.37. The lowest BCUT2D eigenvalue weighted by molar-refractivity contribution is -0.119. The van der Waals surface area contributed by atoms with Gasteiger partial charge in [0.05, 0.1) is 5.69 Å². The third kappa shape index (κ3) is 6.44. The average molecular weight is 517 g/mol. The summed E-state index contributed by atoms with van der Waals surface area (Å²) in [5, 5.41) is 16.8. The molecule has 1 atom stereocenters. The summed E-state index contributed by atoms with van der Waals surface area (Å²) in [6.07, 6.45) is 2.14. The molecule has 2 aromatic rings. The van der Waals surface area contributed by atoms with Crippen LogP contribution in [0.15, 0.2) is 47.1 Å². The third-order valence-corrected chi connectivity index (χ3v) is 6.27. The van der Waals surface area contributed by atoms with Crippen molar-refractivity contribution < 1.29 is 24.2 Å². The molecule has 1 aromatic carbocycles. The summed E-state index contributed by atoms with van der Waals surface area (Å²) >= 11 is 3.24. The lowest BCUT2D eigenvalue weighted by atomic mass is 9.89. The number of rotatable bonds is 9. The highest BCUT2D eigenvalue weighted by Crippen LogP contribution is 2.51. The highest BCUT2D eigenvalue weighted by Gasteiger charge is 2.48. The first-order valence-electron chi connectivity index (χ1n) is 10.9. The summed E-state index contributed by atoms with van der Waals surface area (Å²) in [5.41, 5.74) is 0.983. The third-order valence-electron chi connectivity index (χ3n) is 5.83. The first-order chi connectivity index (χ1) is 15.9. The van der Waals surface area contributed by atoms with Gasteiger partial charge in [0.15, 0.2) is 5.82 Å². The Hall–Kier alpha value is -3.14. The summed E-state index contributed by atoms with van der Waals surface area (Å²) < 4.78 is 5.79.